The topological polar surface area (TPSA) is 38.9 Å². The highest BCUT2D eigenvalue weighted by Crippen LogP contribution is 2.25. The number of nitrogens with zero attached hydrogens (tertiary/aromatic N) is 1. The molecule has 1 aromatic carbocycles. The number of pyridine rings is 1. The van der Waals surface area contributed by atoms with Gasteiger partial charge in [-0.2, -0.15) is 0 Å². The molecule has 2 nitrogen and oxygen atoms in total. The van der Waals surface area contributed by atoms with E-state index in [1.807, 2.05) is 12.1 Å². The van der Waals surface area contributed by atoms with Crippen LogP contribution in [0.2, 0.25) is 0 Å². The minimum Gasteiger partial charge on any atom is -0.326 e. The summed E-state index contributed by atoms with van der Waals surface area (Å²) in [5.74, 6) is 0.429. The average molecular weight is 279 g/mol. The summed E-state index contributed by atoms with van der Waals surface area (Å²) in [6, 6.07) is 8.23. The lowest BCUT2D eigenvalue weighted by molar-refractivity contribution is 0.825. The summed E-state index contributed by atoms with van der Waals surface area (Å²) in [5.41, 5.74) is 9.08. The van der Waals surface area contributed by atoms with Gasteiger partial charge >= 0.3 is 0 Å². The Hall–Kier alpha value is -0.930. The third-order valence-corrected chi connectivity index (χ3v) is 3.18. The highest BCUT2D eigenvalue weighted by Gasteiger charge is 2.07. The van der Waals surface area contributed by atoms with Gasteiger partial charge in [0.25, 0.3) is 0 Å². The highest BCUT2D eigenvalue weighted by molar-refractivity contribution is 9.10. The molecule has 0 unspecified atom stereocenters. The molecule has 0 aliphatic carbocycles. The van der Waals surface area contributed by atoms with Crippen molar-refractivity contribution >= 4 is 26.8 Å². The van der Waals surface area contributed by atoms with Crippen LogP contribution in [-0.4, -0.2) is 4.98 Å². The van der Waals surface area contributed by atoms with E-state index in [1.54, 1.807) is 0 Å². The molecule has 84 valence electrons. The molecular formula is C13H15BrN2. The highest BCUT2D eigenvalue weighted by atomic mass is 79.9. The number of rotatable bonds is 2. The Morgan fingerprint density at radius 1 is 1.31 bits per heavy atom. The van der Waals surface area contributed by atoms with Crippen LogP contribution in [-0.2, 0) is 6.54 Å². The van der Waals surface area contributed by atoms with Crippen molar-refractivity contribution in [2.75, 3.05) is 0 Å². The number of hydrogen-bond acceptors (Lipinski definition) is 2. The molecule has 0 saturated carbocycles. The van der Waals surface area contributed by atoms with Crippen molar-refractivity contribution in [1.29, 1.82) is 0 Å². The van der Waals surface area contributed by atoms with Crippen LogP contribution < -0.4 is 5.73 Å². The Balaban J connectivity index is 2.73. The molecule has 0 spiro atoms. The zero-order valence-corrected chi connectivity index (χ0v) is 11.1. The van der Waals surface area contributed by atoms with Crippen molar-refractivity contribution in [1.82, 2.24) is 4.98 Å². The van der Waals surface area contributed by atoms with Gasteiger partial charge in [-0.05, 0) is 35.7 Å². The first-order valence-electron chi connectivity index (χ1n) is 5.41. The van der Waals surface area contributed by atoms with Gasteiger partial charge in [0.15, 0.2) is 0 Å². The van der Waals surface area contributed by atoms with E-state index in [0.717, 1.165) is 26.6 Å². The maximum Gasteiger partial charge on any atom is 0.0709 e. The minimum absolute atomic E-state index is 0.429. The second kappa shape index (κ2) is 4.52. The van der Waals surface area contributed by atoms with Gasteiger partial charge in [0.05, 0.1) is 5.52 Å². The van der Waals surface area contributed by atoms with Gasteiger partial charge < -0.3 is 5.73 Å². The van der Waals surface area contributed by atoms with Gasteiger partial charge in [-0.3, -0.25) is 4.98 Å². The fourth-order valence-corrected chi connectivity index (χ4v) is 2.12. The molecule has 1 aromatic heterocycles. The van der Waals surface area contributed by atoms with Gasteiger partial charge in [0.1, 0.15) is 0 Å². The molecule has 2 aromatic rings. The number of aromatic nitrogens is 1. The van der Waals surface area contributed by atoms with Crippen molar-refractivity contribution in [2.45, 2.75) is 26.3 Å². The summed E-state index contributed by atoms with van der Waals surface area (Å²) in [4.78, 5) is 4.65. The largest absolute Gasteiger partial charge is 0.326 e. The SMILES string of the molecule is CC(C)c1cc(CN)c2cc(Br)ccc2n1. The average Bonchev–Trinajstić information content (AvgIpc) is 2.27. The van der Waals surface area contributed by atoms with Gasteiger partial charge in [-0.1, -0.05) is 29.8 Å². The molecule has 0 aliphatic rings. The number of hydrogen-bond donors (Lipinski definition) is 1. The lowest BCUT2D eigenvalue weighted by Crippen LogP contribution is -2.02. The maximum atomic E-state index is 5.79. The molecule has 16 heavy (non-hydrogen) atoms. The Bertz CT molecular complexity index is 521. The molecule has 0 amide bonds. The van der Waals surface area contributed by atoms with Crippen molar-refractivity contribution < 1.29 is 0 Å². The molecule has 0 atom stereocenters. The fourth-order valence-electron chi connectivity index (χ4n) is 1.76. The van der Waals surface area contributed by atoms with Crippen LogP contribution in [0.25, 0.3) is 10.9 Å². The van der Waals surface area contributed by atoms with Crippen LogP contribution >= 0.6 is 15.9 Å². The molecule has 0 radical (unpaired) electrons. The molecule has 0 fully saturated rings. The lowest BCUT2D eigenvalue weighted by Gasteiger charge is -2.10. The molecule has 2 N–H and O–H groups in total. The summed E-state index contributed by atoms with van der Waals surface area (Å²) >= 11 is 3.47. The summed E-state index contributed by atoms with van der Waals surface area (Å²) in [5, 5.41) is 1.14. The summed E-state index contributed by atoms with van der Waals surface area (Å²) < 4.78 is 1.06. The normalized spacial score (nSPS) is 11.3. The third-order valence-electron chi connectivity index (χ3n) is 2.69. The van der Waals surface area contributed by atoms with E-state index >= 15 is 0 Å². The Morgan fingerprint density at radius 2 is 2.06 bits per heavy atom. The van der Waals surface area contributed by atoms with Gasteiger partial charge in [-0.15, -0.1) is 0 Å². The van der Waals surface area contributed by atoms with Crippen molar-refractivity contribution in [3.63, 3.8) is 0 Å². The maximum absolute atomic E-state index is 5.79. The van der Waals surface area contributed by atoms with E-state index in [0.29, 0.717) is 12.5 Å². The summed E-state index contributed by atoms with van der Waals surface area (Å²) in [7, 11) is 0. The lowest BCUT2D eigenvalue weighted by atomic mass is 10.0. The predicted octanol–water partition coefficient (Wildman–Crippen LogP) is 3.58. The second-order valence-electron chi connectivity index (χ2n) is 4.23. The van der Waals surface area contributed by atoms with Crippen LogP contribution in [0.15, 0.2) is 28.7 Å². The number of halogens is 1. The molecule has 3 heteroatoms. The molecule has 0 saturated heterocycles. The van der Waals surface area contributed by atoms with E-state index in [2.05, 4.69) is 46.9 Å². The Kier molecular flexibility index (Phi) is 3.26. The monoisotopic (exact) mass is 278 g/mol. The van der Waals surface area contributed by atoms with Crippen LogP contribution in [0.5, 0.6) is 0 Å². The van der Waals surface area contributed by atoms with Crippen LogP contribution in [0.4, 0.5) is 0 Å². The number of benzene rings is 1. The molecular weight excluding hydrogens is 264 g/mol. The first-order valence-corrected chi connectivity index (χ1v) is 6.20. The molecule has 2 rings (SSSR count). The van der Waals surface area contributed by atoms with Crippen molar-refractivity contribution in [3.8, 4) is 0 Å². The van der Waals surface area contributed by atoms with E-state index in [9.17, 15) is 0 Å². The molecule has 1 heterocycles. The van der Waals surface area contributed by atoms with E-state index in [4.69, 9.17) is 5.73 Å². The number of fused-ring (bicyclic) bond motifs is 1. The standard InChI is InChI=1S/C13H15BrN2/c1-8(2)13-5-9(7-15)11-6-10(14)3-4-12(11)16-13/h3-6,8H,7,15H2,1-2H3. The first-order chi connectivity index (χ1) is 7.61. The Labute approximate surface area is 104 Å². The van der Waals surface area contributed by atoms with Crippen molar-refractivity contribution in [3.05, 3.63) is 40.0 Å². The predicted molar refractivity (Wildman–Crippen MR) is 71.4 cm³/mol. The van der Waals surface area contributed by atoms with E-state index < -0.39 is 0 Å². The molecule has 0 bridgehead atoms. The van der Waals surface area contributed by atoms with Gasteiger partial charge in [0, 0.05) is 22.1 Å². The minimum atomic E-state index is 0.429. The summed E-state index contributed by atoms with van der Waals surface area (Å²) in [6.07, 6.45) is 0. The zero-order valence-electron chi connectivity index (χ0n) is 9.50. The summed E-state index contributed by atoms with van der Waals surface area (Å²) in [6.45, 7) is 4.84. The fraction of sp³-hybridized carbons (Fsp3) is 0.308. The zero-order chi connectivity index (χ0) is 11.7. The smallest absolute Gasteiger partial charge is 0.0709 e. The quantitative estimate of drug-likeness (QED) is 0.912. The van der Waals surface area contributed by atoms with Gasteiger partial charge in [0.2, 0.25) is 0 Å². The van der Waals surface area contributed by atoms with Crippen LogP contribution in [0.1, 0.15) is 31.0 Å². The molecule has 0 aliphatic heterocycles. The van der Waals surface area contributed by atoms with E-state index in [1.165, 1.54) is 0 Å². The number of nitrogens with two attached hydrogens (primary N) is 1. The van der Waals surface area contributed by atoms with Crippen LogP contribution in [0, 0.1) is 0 Å². The van der Waals surface area contributed by atoms with E-state index in [-0.39, 0.29) is 0 Å². The first kappa shape index (κ1) is 11.6. The third kappa shape index (κ3) is 2.11. The van der Waals surface area contributed by atoms with Gasteiger partial charge in [-0.25, -0.2) is 0 Å². The van der Waals surface area contributed by atoms with Crippen molar-refractivity contribution in [2.24, 2.45) is 5.73 Å². The second-order valence-corrected chi connectivity index (χ2v) is 5.14. The Morgan fingerprint density at radius 3 is 2.69 bits per heavy atom. The van der Waals surface area contributed by atoms with Crippen LogP contribution in [0.3, 0.4) is 0 Å².